The van der Waals surface area contributed by atoms with Gasteiger partial charge < -0.3 is 13.8 Å². The summed E-state index contributed by atoms with van der Waals surface area (Å²) in [4.78, 5) is 11.4. The molecule has 6 heteroatoms. The van der Waals surface area contributed by atoms with Crippen LogP contribution in [0, 0.1) is 0 Å². The van der Waals surface area contributed by atoms with E-state index in [4.69, 9.17) is 13.8 Å². The number of allylic oxidation sites excluding steroid dienone is 1. The van der Waals surface area contributed by atoms with Crippen molar-refractivity contribution in [1.82, 2.24) is 0 Å². The van der Waals surface area contributed by atoms with Gasteiger partial charge in [0, 0.05) is 0 Å². The Labute approximate surface area is 89.9 Å². The summed E-state index contributed by atoms with van der Waals surface area (Å²) in [5.41, 5.74) is -0.940. The monoisotopic (exact) mass is 236 g/mol. The maximum Gasteiger partial charge on any atom is 0.438 e. The summed E-state index contributed by atoms with van der Waals surface area (Å²) in [6.45, 7) is 5.39. The zero-order valence-electron chi connectivity index (χ0n) is 9.26. The van der Waals surface area contributed by atoms with Crippen LogP contribution in [0.15, 0.2) is 12.2 Å². The molecule has 0 saturated heterocycles. The Bertz CT molecular complexity index is 251. The number of ether oxygens (including phenoxy) is 1. The predicted molar refractivity (Wildman–Crippen MR) is 57.0 cm³/mol. The molecule has 0 aromatic heterocycles. The summed E-state index contributed by atoms with van der Waals surface area (Å²) in [7, 11) is -3.75. The number of hydrogen-bond acceptors (Lipinski definition) is 5. The highest BCUT2D eigenvalue weighted by Crippen LogP contribution is 2.49. The van der Waals surface area contributed by atoms with Crippen LogP contribution in [0.3, 0.4) is 0 Å². The number of carbonyl (C=O) groups excluding carboxylic acids is 1. The zero-order chi connectivity index (χ0) is 11.7. The molecule has 0 aliphatic rings. The third-order valence-corrected chi connectivity index (χ3v) is 3.13. The molecular weight excluding hydrogens is 219 g/mol. The maximum atomic E-state index is 11.8. The van der Waals surface area contributed by atoms with Gasteiger partial charge in [-0.1, -0.05) is 12.2 Å². The van der Waals surface area contributed by atoms with Crippen LogP contribution in [0.4, 0.5) is 4.79 Å². The zero-order valence-corrected chi connectivity index (χ0v) is 10.2. The van der Waals surface area contributed by atoms with E-state index >= 15 is 0 Å². The molecule has 0 aromatic rings. The molecule has 0 unspecified atom stereocenters. The second-order valence-electron chi connectivity index (χ2n) is 2.48. The van der Waals surface area contributed by atoms with Crippen molar-refractivity contribution in [3.63, 3.8) is 0 Å². The number of hydrogen-bond donors (Lipinski definition) is 0. The number of carbonyl (C=O) groups is 1. The molecule has 0 aromatic carbocycles. The van der Waals surface area contributed by atoms with E-state index in [-0.39, 0.29) is 19.8 Å². The number of rotatable bonds is 7. The second kappa shape index (κ2) is 7.63. The average molecular weight is 236 g/mol. The average Bonchev–Trinajstić information content (AvgIpc) is 2.18. The van der Waals surface area contributed by atoms with Crippen LogP contribution in [-0.4, -0.2) is 25.5 Å². The first-order valence-corrected chi connectivity index (χ1v) is 6.32. The van der Waals surface area contributed by atoms with Crippen LogP contribution in [0.2, 0.25) is 0 Å². The highest BCUT2D eigenvalue weighted by Gasteiger charge is 2.36. The molecule has 0 bridgehead atoms. The molecule has 0 heterocycles. The summed E-state index contributed by atoms with van der Waals surface area (Å²) in [6, 6.07) is 0. The van der Waals surface area contributed by atoms with E-state index in [1.54, 1.807) is 32.9 Å². The van der Waals surface area contributed by atoms with E-state index in [2.05, 4.69) is 0 Å². The van der Waals surface area contributed by atoms with Crippen molar-refractivity contribution in [3.05, 3.63) is 12.2 Å². The maximum absolute atomic E-state index is 11.8. The lowest BCUT2D eigenvalue weighted by Crippen LogP contribution is -2.09. The highest BCUT2D eigenvalue weighted by molar-refractivity contribution is 7.71. The normalized spacial score (nSPS) is 11.9. The Hall–Kier alpha value is -0.640. The van der Waals surface area contributed by atoms with Crippen molar-refractivity contribution in [3.8, 4) is 0 Å². The lowest BCUT2D eigenvalue weighted by molar-refractivity contribution is 0.157. The first kappa shape index (κ1) is 14.4. The van der Waals surface area contributed by atoms with Crippen LogP contribution in [-0.2, 0) is 18.3 Å². The minimum atomic E-state index is -3.75. The highest BCUT2D eigenvalue weighted by atomic mass is 31.2. The third-order valence-electron chi connectivity index (χ3n) is 1.36. The van der Waals surface area contributed by atoms with Crippen LogP contribution < -0.4 is 0 Å². The molecule has 0 aliphatic carbocycles. The van der Waals surface area contributed by atoms with E-state index < -0.39 is 13.3 Å². The first-order chi connectivity index (χ1) is 7.10. The van der Waals surface area contributed by atoms with Gasteiger partial charge in [-0.2, -0.15) is 0 Å². The molecule has 0 aliphatic heterocycles. The fourth-order valence-corrected chi connectivity index (χ4v) is 1.98. The van der Waals surface area contributed by atoms with Gasteiger partial charge in [-0.3, -0.25) is 0 Å². The quantitative estimate of drug-likeness (QED) is 0.502. The van der Waals surface area contributed by atoms with E-state index in [1.807, 2.05) is 0 Å². The van der Waals surface area contributed by atoms with Gasteiger partial charge in [0.2, 0.25) is 0 Å². The van der Waals surface area contributed by atoms with Gasteiger partial charge in [-0.15, -0.1) is 0 Å². The molecule has 0 saturated carbocycles. The molecule has 0 amide bonds. The lowest BCUT2D eigenvalue weighted by atomic mass is 10.6. The van der Waals surface area contributed by atoms with Gasteiger partial charge >= 0.3 is 13.3 Å². The van der Waals surface area contributed by atoms with Crippen molar-refractivity contribution in [2.75, 3.05) is 19.8 Å². The van der Waals surface area contributed by atoms with Crippen molar-refractivity contribution < 1.29 is 23.1 Å². The van der Waals surface area contributed by atoms with Gasteiger partial charge in [-0.25, -0.2) is 9.36 Å². The van der Waals surface area contributed by atoms with Gasteiger partial charge in [0.05, 0.1) is 13.2 Å². The van der Waals surface area contributed by atoms with Crippen molar-refractivity contribution >= 4 is 13.3 Å². The summed E-state index contributed by atoms with van der Waals surface area (Å²) >= 11 is 0. The third kappa shape index (κ3) is 5.11. The molecule has 88 valence electrons. The predicted octanol–water partition coefficient (Wildman–Crippen LogP) is 2.97. The molecule has 0 spiro atoms. The van der Waals surface area contributed by atoms with Crippen molar-refractivity contribution in [2.24, 2.45) is 0 Å². The Morgan fingerprint density at radius 3 is 2.20 bits per heavy atom. The van der Waals surface area contributed by atoms with Gasteiger partial charge in [-0.05, 0) is 20.8 Å². The molecule has 0 N–H and O–H groups in total. The Morgan fingerprint density at radius 1 is 1.27 bits per heavy atom. The summed E-state index contributed by atoms with van der Waals surface area (Å²) in [5.74, 6) is 0. The molecular formula is C9H17O5P. The minimum Gasteiger partial charge on any atom is -0.452 e. The van der Waals surface area contributed by atoms with Crippen LogP contribution >= 0.6 is 7.60 Å². The lowest BCUT2D eigenvalue weighted by Gasteiger charge is -2.14. The standard InChI is InChI=1S/C9H17O5P/c1-4-7-8-12-9(10)15(11,13-5-2)14-6-3/h4,7H,5-6,8H2,1-3H3/b7-4+. The molecule has 15 heavy (non-hydrogen) atoms. The molecule has 0 rings (SSSR count). The minimum absolute atomic E-state index is 0.0689. The topological polar surface area (TPSA) is 61.8 Å². The molecule has 0 radical (unpaired) electrons. The van der Waals surface area contributed by atoms with E-state index in [0.717, 1.165) is 0 Å². The summed E-state index contributed by atoms with van der Waals surface area (Å²) in [5, 5.41) is 0. The van der Waals surface area contributed by atoms with Gasteiger partial charge in [0.25, 0.3) is 0 Å². The van der Waals surface area contributed by atoms with E-state index in [1.165, 1.54) is 0 Å². The largest absolute Gasteiger partial charge is 0.452 e. The van der Waals surface area contributed by atoms with Crippen LogP contribution in [0.25, 0.3) is 0 Å². The van der Waals surface area contributed by atoms with Crippen molar-refractivity contribution in [1.29, 1.82) is 0 Å². The summed E-state index contributed by atoms with van der Waals surface area (Å²) in [6.07, 6.45) is 3.35. The molecule has 5 nitrogen and oxygen atoms in total. The second-order valence-corrected chi connectivity index (χ2v) is 4.36. The smallest absolute Gasteiger partial charge is 0.438 e. The van der Waals surface area contributed by atoms with E-state index in [0.29, 0.717) is 0 Å². The SMILES string of the molecule is C/C=C/COC(=O)P(=O)(OCC)OCC. The first-order valence-electron chi connectivity index (χ1n) is 4.78. The van der Waals surface area contributed by atoms with E-state index in [9.17, 15) is 9.36 Å². The Kier molecular flexibility index (Phi) is 7.30. The fourth-order valence-electron chi connectivity index (χ4n) is 0.777. The fraction of sp³-hybridized carbons (Fsp3) is 0.667. The van der Waals surface area contributed by atoms with Gasteiger partial charge in [0.15, 0.2) is 0 Å². The van der Waals surface area contributed by atoms with Crippen LogP contribution in [0.1, 0.15) is 20.8 Å². The van der Waals surface area contributed by atoms with Crippen molar-refractivity contribution in [2.45, 2.75) is 20.8 Å². The summed E-state index contributed by atoms with van der Waals surface area (Å²) < 4.78 is 26.1. The van der Waals surface area contributed by atoms with Crippen LogP contribution in [0.5, 0.6) is 0 Å². The Balaban J connectivity index is 4.34. The molecule has 0 fully saturated rings. The van der Waals surface area contributed by atoms with Gasteiger partial charge in [0.1, 0.15) is 6.61 Å². The Morgan fingerprint density at radius 2 is 1.80 bits per heavy atom. The molecule has 0 atom stereocenters.